The Labute approximate surface area is 258 Å². The molecule has 3 aromatic carbocycles. The van der Waals surface area contributed by atoms with E-state index in [1.54, 1.807) is 29.2 Å². The lowest BCUT2D eigenvalue weighted by Crippen LogP contribution is -2.50. The highest BCUT2D eigenvalue weighted by Gasteiger charge is 2.30. The fourth-order valence-electron chi connectivity index (χ4n) is 4.59. The second kappa shape index (κ2) is 16.3. The highest BCUT2D eigenvalue weighted by molar-refractivity contribution is 9.10. The summed E-state index contributed by atoms with van der Waals surface area (Å²) in [5.41, 5.74) is 2.34. The van der Waals surface area contributed by atoms with Crippen molar-refractivity contribution >= 4 is 43.5 Å². The number of anilines is 1. The predicted molar refractivity (Wildman–Crippen MR) is 171 cm³/mol. The summed E-state index contributed by atoms with van der Waals surface area (Å²) in [6, 6.07) is 23.4. The molecule has 0 fully saturated rings. The Hall–Kier alpha value is -3.37. The maximum Gasteiger partial charge on any atom is 0.243 e. The van der Waals surface area contributed by atoms with Crippen LogP contribution in [-0.2, 0) is 32.6 Å². The number of hydrogen-bond donors (Lipinski definition) is 1. The summed E-state index contributed by atoms with van der Waals surface area (Å²) in [7, 11) is -3.60. The van der Waals surface area contributed by atoms with E-state index in [2.05, 4.69) is 21.2 Å². The van der Waals surface area contributed by atoms with Gasteiger partial charge in [0, 0.05) is 36.9 Å². The normalized spacial score (nSPS) is 11.9. The van der Waals surface area contributed by atoms with E-state index < -0.39 is 16.1 Å². The van der Waals surface area contributed by atoms with Crippen molar-refractivity contribution in [3.05, 3.63) is 94.5 Å². The molecule has 0 aliphatic carbocycles. The Morgan fingerprint density at radius 3 is 2.19 bits per heavy atom. The highest BCUT2D eigenvalue weighted by Crippen LogP contribution is 2.23. The summed E-state index contributed by atoms with van der Waals surface area (Å²) in [4.78, 5) is 28.9. The molecule has 1 N–H and O–H groups in total. The molecule has 42 heavy (non-hydrogen) atoms. The van der Waals surface area contributed by atoms with E-state index in [1.165, 1.54) is 4.31 Å². The Kier molecular flexibility index (Phi) is 12.9. The minimum Gasteiger partial charge on any atom is -0.494 e. The summed E-state index contributed by atoms with van der Waals surface area (Å²) in [6.45, 7) is 5.25. The largest absolute Gasteiger partial charge is 0.494 e. The van der Waals surface area contributed by atoms with Gasteiger partial charge in [-0.3, -0.25) is 13.9 Å². The van der Waals surface area contributed by atoms with Gasteiger partial charge in [0.1, 0.15) is 11.8 Å². The molecule has 0 saturated carbocycles. The fraction of sp³-hybridized carbons (Fsp3) is 0.375. The van der Waals surface area contributed by atoms with Crippen molar-refractivity contribution in [2.24, 2.45) is 0 Å². The van der Waals surface area contributed by atoms with Crippen LogP contribution in [0.3, 0.4) is 0 Å². The van der Waals surface area contributed by atoms with Crippen molar-refractivity contribution < 1.29 is 22.7 Å². The molecule has 10 heteroatoms. The second-order valence-corrected chi connectivity index (χ2v) is 12.8. The molecular weight excluding hydrogens is 618 g/mol. The third-order valence-electron chi connectivity index (χ3n) is 6.67. The molecule has 0 aromatic heterocycles. The van der Waals surface area contributed by atoms with Crippen molar-refractivity contribution in [3.8, 4) is 5.75 Å². The minimum atomic E-state index is -3.60. The molecule has 0 bridgehead atoms. The topological polar surface area (TPSA) is 96.0 Å². The maximum atomic E-state index is 13.9. The van der Waals surface area contributed by atoms with E-state index in [1.807, 2.05) is 68.4 Å². The average Bonchev–Trinajstić information content (AvgIpc) is 2.97. The number of rotatable bonds is 16. The van der Waals surface area contributed by atoms with Gasteiger partial charge in [-0.25, -0.2) is 8.42 Å². The Morgan fingerprint density at radius 1 is 0.929 bits per heavy atom. The zero-order chi connectivity index (χ0) is 30.5. The molecule has 0 spiro atoms. The number of carbonyl (C=O) groups is 2. The summed E-state index contributed by atoms with van der Waals surface area (Å²) in [6.07, 6.45) is 2.65. The third-order valence-corrected chi connectivity index (χ3v) is 8.40. The second-order valence-electron chi connectivity index (χ2n) is 10.0. The first kappa shape index (κ1) is 33.1. The quantitative estimate of drug-likeness (QED) is 0.218. The molecule has 0 radical (unpaired) electrons. The van der Waals surface area contributed by atoms with E-state index in [4.69, 9.17) is 4.74 Å². The van der Waals surface area contributed by atoms with Crippen LogP contribution >= 0.6 is 15.9 Å². The predicted octanol–water partition coefficient (Wildman–Crippen LogP) is 5.56. The smallest absolute Gasteiger partial charge is 0.243 e. The number of nitrogens with one attached hydrogen (secondary N) is 1. The van der Waals surface area contributed by atoms with Crippen LogP contribution in [0.2, 0.25) is 0 Å². The lowest BCUT2D eigenvalue weighted by atomic mass is 10.0. The monoisotopic (exact) mass is 657 g/mol. The molecule has 0 aliphatic rings. The van der Waals surface area contributed by atoms with E-state index in [0.29, 0.717) is 31.0 Å². The number of hydrogen-bond acceptors (Lipinski definition) is 5. The Bertz CT molecular complexity index is 1380. The number of carbonyl (C=O) groups excluding carboxylic acids is 2. The molecular formula is C32H40BrN3O5S. The lowest BCUT2D eigenvalue weighted by Gasteiger charge is -2.32. The Morgan fingerprint density at radius 2 is 1.60 bits per heavy atom. The number of amides is 2. The van der Waals surface area contributed by atoms with Crippen molar-refractivity contribution in [1.29, 1.82) is 0 Å². The number of benzene rings is 3. The van der Waals surface area contributed by atoms with Gasteiger partial charge in [-0.15, -0.1) is 0 Å². The summed E-state index contributed by atoms with van der Waals surface area (Å²) in [5, 5.41) is 2.97. The number of ether oxygens (including phenoxy) is 1. The molecule has 1 unspecified atom stereocenters. The summed E-state index contributed by atoms with van der Waals surface area (Å²) < 4.78 is 33.0. The van der Waals surface area contributed by atoms with E-state index in [9.17, 15) is 18.0 Å². The van der Waals surface area contributed by atoms with Gasteiger partial charge in [0.05, 0.1) is 18.6 Å². The summed E-state index contributed by atoms with van der Waals surface area (Å²) >= 11 is 3.45. The molecule has 8 nitrogen and oxygen atoms in total. The van der Waals surface area contributed by atoms with Crippen LogP contribution in [0.25, 0.3) is 0 Å². The van der Waals surface area contributed by atoms with Gasteiger partial charge in [-0.05, 0) is 67.3 Å². The first-order valence-corrected chi connectivity index (χ1v) is 16.8. The van der Waals surface area contributed by atoms with Crippen LogP contribution in [0.4, 0.5) is 5.69 Å². The SMILES string of the molecule is CCCNC(=O)C(Cc1ccccc1)N(Cc1ccc(Br)cc1)C(=O)CCCN(c1ccc(OCC)cc1)S(C)(=O)=O. The van der Waals surface area contributed by atoms with Crippen LogP contribution in [0, 0.1) is 0 Å². The van der Waals surface area contributed by atoms with Crippen molar-refractivity contribution in [1.82, 2.24) is 10.2 Å². The number of nitrogens with zero attached hydrogens (tertiary/aromatic N) is 2. The van der Waals surface area contributed by atoms with E-state index in [0.717, 1.165) is 28.3 Å². The van der Waals surface area contributed by atoms with Crippen molar-refractivity contribution in [2.75, 3.05) is 30.3 Å². The molecule has 226 valence electrons. The van der Waals surface area contributed by atoms with Gasteiger partial charge >= 0.3 is 0 Å². The zero-order valence-electron chi connectivity index (χ0n) is 24.5. The van der Waals surface area contributed by atoms with Gasteiger partial charge in [0.25, 0.3) is 0 Å². The van der Waals surface area contributed by atoms with Gasteiger partial charge in [0.15, 0.2) is 0 Å². The van der Waals surface area contributed by atoms with Gasteiger partial charge in [0.2, 0.25) is 21.8 Å². The zero-order valence-corrected chi connectivity index (χ0v) is 26.9. The van der Waals surface area contributed by atoms with Crippen LogP contribution in [-0.4, -0.2) is 57.1 Å². The highest BCUT2D eigenvalue weighted by atomic mass is 79.9. The lowest BCUT2D eigenvalue weighted by molar-refractivity contribution is -0.141. The van der Waals surface area contributed by atoms with Crippen LogP contribution < -0.4 is 14.4 Å². The van der Waals surface area contributed by atoms with Crippen molar-refractivity contribution in [3.63, 3.8) is 0 Å². The van der Waals surface area contributed by atoms with Crippen LogP contribution in [0.1, 0.15) is 44.2 Å². The van der Waals surface area contributed by atoms with Crippen LogP contribution in [0.5, 0.6) is 5.75 Å². The van der Waals surface area contributed by atoms with E-state index >= 15 is 0 Å². The molecule has 0 aliphatic heterocycles. The van der Waals surface area contributed by atoms with Crippen molar-refractivity contribution in [2.45, 2.75) is 52.1 Å². The van der Waals surface area contributed by atoms with Gasteiger partial charge in [-0.1, -0.05) is 65.3 Å². The third kappa shape index (κ3) is 10.2. The minimum absolute atomic E-state index is 0.0753. The molecule has 3 rings (SSSR count). The van der Waals surface area contributed by atoms with Gasteiger partial charge < -0.3 is 15.0 Å². The number of sulfonamides is 1. The molecule has 0 saturated heterocycles. The number of halogens is 1. The maximum absolute atomic E-state index is 13.9. The van der Waals surface area contributed by atoms with E-state index in [-0.39, 0.29) is 37.7 Å². The van der Waals surface area contributed by atoms with Crippen LogP contribution in [0.15, 0.2) is 83.3 Å². The first-order valence-electron chi connectivity index (χ1n) is 14.2. The van der Waals surface area contributed by atoms with Gasteiger partial charge in [-0.2, -0.15) is 0 Å². The summed E-state index contributed by atoms with van der Waals surface area (Å²) in [5.74, 6) is 0.225. The molecule has 0 heterocycles. The fourth-order valence-corrected chi connectivity index (χ4v) is 5.82. The Balaban J connectivity index is 1.84. The molecule has 1 atom stereocenters. The average molecular weight is 659 g/mol. The standard InChI is InChI=1S/C32H40BrN3O5S/c1-4-21-34-32(38)30(23-25-10-7-6-8-11-25)35(24-26-13-15-27(33)16-14-26)31(37)12-9-22-36(42(3,39)40)28-17-19-29(20-18-28)41-5-2/h6-8,10-11,13-20,30H,4-5,9,12,21-24H2,1-3H3,(H,34,38). The first-order chi connectivity index (χ1) is 20.1. The molecule has 2 amide bonds. The molecule has 3 aromatic rings.